The van der Waals surface area contributed by atoms with Gasteiger partial charge in [-0.25, -0.2) is 0 Å². The molecular formula is C11H11BrF3NO2. The van der Waals surface area contributed by atoms with E-state index in [1.165, 1.54) is 12.1 Å². The molecule has 0 amide bonds. The van der Waals surface area contributed by atoms with Gasteiger partial charge in [-0.2, -0.15) is 0 Å². The Morgan fingerprint density at radius 1 is 1.39 bits per heavy atom. The van der Waals surface area contributed by atoms with Crippen LogP contribution < -0.4 is 10.1 Å². The van der Waals surface area contributed by atoms with Crippen molar-refractivity contribution in [3.8, 4) is 5.75 Å². The lowest BCUT2D eigenvalue weighted by Crippen LogP contribution is -2.35. The highest BCUT2D eigenvalue weighted by molar-refractivity contribution is 9.10. The maximum Gasteiger partial charge on any atom is 0.573 e. The normalized spacial score (nSPS) is 20.8. The summed E-state index contributed by atoms with van der Waals surface area (Å²) in [4.78, 5) is 0. The predicted molar refractivity (Wildman–Crippen MR) is 62.4 cm³/mol. The van der Waals surface area contributed by atoms with Gasteiger partial charge < -0.3 is 14.8 Å². The van der Waals surface area contributed by atoms with Crippen LogP contribution in [0.3, 0.4) is 0 Å². The van der Waals surface area contributed by atoms with Gasteiger partial charge in [0, 0.05) is 16.6 Å². The Morgan fingerprint density at radius 2 is 2.17 bits per heavy atom. The summed E-state index contributed by atoms with van der Waals surface area (Å²) in [5, 5.41) is 3.10. The summed E-state index contributed by atoms with van der Waals surface area (Å²) in [6, 6.07) is 4.11. The van der Waals surface area contributed by atoms with Crippen LogP contribution in [0.15, 0.2) is 22.7 Å². The first kappa shape index (κ1) is 13.6. The number of alkyl halides is 3. The number of benzene rings is 1. The fraction of sp³-hybridized carbons (Fsp3) is 0.455. The molecule has 0 aliphatic carbocycles. The molecule has 0 spiro atoms. The molecule has 0 radical (unpaired) electrons. The van der Waals surface area contributed by atoms with Crippen molar-refractivity contribution in [2.45, 2.75) is 12.4 Å². The molecule has 1 aliphatic rings. The highest BCUT2D eigenvalue weighted by Gasteiger charge is 2.33. The van der Waals surface area contributed by atoms with Gasteiger partial charge in [0.25, 0.3) is 0 Å². The summed E-state index contributed by atoms with van der Waals surface area (Å²) in [5.74, 6) is -0.200. The molecule has 1 saturated heterocycles. The largest absolute Gasteiger partial charge is 0.573 e. The average Bonchev–Trinajstić information content (AvgIpc) is 2.31. The highest BCUT2D eigenvalue weighted by Crippen LogP contribution is 2.33. The third-order valence-corrected chi connectivity index (χ3v) is 2.99. The fourth-order valence-corrected chi connectivity index (χ4v) is 2.15. The quantitative estimate of drug-likeness (QED) is 0.906. The summed E-state index contributed by atoms with van der Waals surface area (Å²) in [5.41, 5.74) is 0.432. The van der Waals surface area contributed by atoms with E-state index in [9.17, 15) is 13.2 Å². The molecule has 1 atom stereocenters. The maximum atomic E-state index is 12.3. The van der Waals surface area contributed by atoms with Gasteiger partial charge in [0.15, 0.2) is 0 Å². The third-order valence-electron chi connectivity index (χ3n) is 2.49. The predicted octanol–water partition coefficient (Wildman–Crippen LogP) is 3.01. The van der Waals surface area contributed by atoms with Gasteiger partial charge in [-0.1, -0.05) is 15.9 Å². The van der Waals surface area contributed by atoms with E-state index in [0.29, 0.717) is 29.8 Å². The molecule has 1 aliphatic heterocycles. The Balaban J connectivity index is 2.28. The summed E-state index contributed by atoms with van der Waals surface area (Å²) >= 11 is 3.24. The Morgan fingerprint density at radius 3 is 2.78 bits per heavy atom. The number of morpholine rings is 1. The lowest BCUT2D eigenvalue weighted by Gasteiger charge is -2.26. The van der Waals surface area contributed by atoms with Gasteiger partial charge in [0.1, 0.15) is 5.75 Å². The van der Waals surface area contributed by atoms with Crippen molar-refractivity contribution in [3.05, 3.63) is 28.2 Å². The van der Waals surface area contributed by atoms with Crippen molar-refractivity contribution in [2.24, 2.45) is 0 Å². The van der Waals surface area contributed by atoms with Gasteiger partial charge in [0.2, 0.25) is 0 Å². The molecule has 0 aromatic heterocycles. The minimum Gasteiger partial charge on any atom is -0.405 e. The minimum absolute atomic E-state index is 0.200. The van der Waals surface area contributed by atoms with Crippen LogP contribution in [-0.2, 0) is 4.74 Å². The second-order valence-electron chi connectivity index (χ2n) is 3.81. The Bertz CT molecular complexity index is 419. The summed E-state index contributed by atoms with van der Waals surface area (Å²) in [6.45, 7) is 1.48. The molecule has 1 aromatic carbocycles. The molecule has 0 bridgehead atoms. The SMILES string of the molecule is FC(F)(F)Oc1ccc(Br)cc1[C@@H]1COCCN1. The summed E-state index contributed by atoms with van der Waals surface area (Å²) < 4.78 is 46.9. The van der Waals surface area contributed by atoms with Crippen molar-refractivity contribution in [1.82, 2.24) is 5.32 Å². The van der Waals surface area contributed by atoms with Crippen molar-refractivity contribution < 1.29 is 22.6 Å². The van der Waals surface area contributed by atoms with E-state index in [1.54, 1.807) is 6.07 Å². The van der Waals surface area contributed by atoms with Crippen LogP contribution in [0.4, 0.5) is 13.2 Å². The van der Waals surface area contributed by atoms with Crippen molar-refractivity contribution in [1.29, 1.82) is 0 Å². The van der Waals surface area contributed by atoms with Crippen LogP contribution in [0, 0.1) is 0 Å². The van der Waals surface area contributed by atoms with Crippen LogP contribution >= 0.6 is 15.9 Å². The molecule has 1 fully saturated rings. The van der Waals surface area contributed by atoms with E-state index in [0.717, 1.165) is 0 Å². The Kier molecular flexibility index (Phi) is 4.14. The molecule has 18 heavy (non-hydrogen) atoms. The molecule has 0 saturated carbocycles. The second-order valence-corrected chi connectivity index (χ2v) is 4.73. The van der Waals surface area contributed by atoms with Crippen LogP contribution in [0.1, 0.15) is 11.6 Å². The number of ether oxygens (including phenoxy) is 2. The second kappa shape index (κ2) is 5.46. The zero-order valence-corrected chi connectivity index (χ0v) is 10.8. The van der Waals surface area contributed by atoms with Crippen molar-refractivity contribution >= 4 is 15.9 Å². The van der Waals surface area contributed by atoms with E-state index in [1.807, 2.05) is 0 Å². The fourth-order valence-electron chi connectivity index (χ4n) is 1.77. The topological polar surface area (TPSA) is 30.5 Å². The first-order valence-electron chi connectivity index (χ1n) is 5.32. The molecule has 1 heterocycles. The van der Waals surface area contributed by atoms with Crippen LogP contribution in [0.2, 0.25) is 0 Å². The van der Waals surface area contributed by atoms with Gasteiger partial charge >= 0.3 is 6.36 Å². The Hall–Kier alpha value is -0.790. The molecule has 0 unspecified atom stereocenters. The monoisotopic (exact) mass is 325 g/mol. The molecule has 7 heteroatoms. The average molecular weight is 326 g/mol. The van der Waals surface area contributed by atoms with Crippen LogP contribution in [0.25, 0.3) is 0 Å². The molecular weight excluding hydrogens is 315 g/mol. The van der Waals surface area contributed by atoms with Crippen molar-refractivity contribution in [2.75, 3.05) is 19.8 Å². The smallest absolute Gasteiger partial charge is 0.405 e. The molecule has 1 N–H and O–H groups in total. The minimum atomic E-state index is -4.70. The number of hydrogen-bond donors (Lipinski definition) is 1. The first-order valence-corrected chi connectivity index (χ1v) is 6.11. The zero-order chi connectivity index (χ0) is 13.2. The summed E-state index contributed by atoms with van der Waals surface area (Å²) in [6.07, 6.45) is -4.70. The third kappa shape index (κ3) is 3.60. The maximum absolute atomic E-state index is 12.3. The van der Waals surface area contributed by atoms with Crippen molar-refractivity contribution in [3.63, 3.8) is 0 Å². The van der Waals surface area contributed by atoms with E-state index in [2.05, 4.69) is 26.0 Å². The number of rotatable bonds is 2. The van der Waals surface area contributed by atoms with Gasteiger partial charge in [-0.3, -0.25) is 0 Å². The van der Waals surface area contributed by atoms with Gasteiger partial charge in [-0.05, 0) is 18.2 Å². The number of hydrogen-bond acceptors (Lipinski definition) is 3. The van der Waals surface area contributed by atoms with E-state index < -0.39 is 6.36 Å². The highest BCUT2D eigenvalue weighted by atomic mass is 79.9. The molecule has 2 rings (SSSR count). The number of nitrogens with one attached hydrogen (secondary N) is 1. The first-order chi connectivity index (χ1) is 8.46. The number of halogens is 4. The lowest BCUT2D eigenvalue weighted by atomic mass is 10.1. The Labute approximate surface area is 110 Å². The van der Waals surface area contributed by atoms with Crippen LogP contribution in [0.5, 0.6) is 5.75 Å². The zero-order valence-electron chi connectivity index (χ0n) is 9.26. The van der Waals surface area contributed by atoms with E-state index in [-0.39, 0.29) is 11.8 Å². The van der Waals surface area contributed by atoms with Gasteiger partial charge in [-0.15, -0.1) is 13.2 Å². The van der Waals surface area contributed by atoms with E-state index in [4.69, 9.17) is 4.74 Å². The van der Waals surface area contributed by atoms with E-state index >= 15 is 0 Å². The lowest BCUT2D eigenvalue weighted by molar-refractivity contribution is -0.275. The molecule has 3 nitrogen and oxygen atoms in total. The summed E-state index contributed by atoms with van der Waals surface area (Å²) in [7, 11) is 0. The standard InChI is InChI=1S/C11H11BrF3NO2/c12-7-1-2-10(18-11(13,14)15)8(5-7)9-6-17-4-3-16-9/h1-2,5,9,16H,3-4,6H2/t9-/m0/s1. The molecule has 1 aromatic rings. The van der Waals surface area contributed by atoms with Gasteiger partial charge in [0.05, 0.1) is 19.3 Å². The molecule has 100 valence electrons. The van der Waals surface area contributed by atoms with Crippen LogP contribution in [-0.4, -0.2) is 26.1 Å².